The molecule has 0 saturated carbocycles. The number of ether oxygens (including phenoxy) is 2. The van der Waals surface area contributed by atoms with Gasteiger partial charge in [0.2, 0.25) is 0 Å². The Balaban J connectivity index is 2.92. The van der Waals surface area contributed by atoms with Gasteiger partial charge in [0.05, 0.1) is 4.90 Å². The maximum atomic E-state index is 12.4. The summed E-state index contributed by atoms with van der Waals surface area (Å²) in [6.07, 6.45) is -0.715. The van der Waals surface area contributed by atoms with Gasteiger partial charge in [-0.2, -0.15) is 0 Å². The van der Waals surface area contributed by atoms with Crippen LogP contribution < -0.4 is 0 Å². The van der Waals surface area contributed by atoms with E-state index in [4.69, 9.17) is 9.47 Å². The molecule has 0 aliphatic heterocycles. The summed E-state index contributed by atoms with van der Waals surface area (Å²) in [6.45, 7) is 10.8. The molecule has 5 heteroatoms. The van der Waals surface area contributed by atoms with Crippen molar-refractivity contribution in [1.29, 1.82) is 0 Å². The lowest BCUT2D eigenvalue weighted by molar-refractivity contribution is -0.120. The fraction of sp³-hybridized carbons (Fsp3) is 0.625. The topological polar surface area (TPSA) is 52.6 Å². The zero-order valence-electron chi connectivity index (χ0n) is 13.5. The van der Waals surface area contributed by atoms with E-state index < -0.39 is 16.1 Å². The molecule has 0 amide bonds. The molecule has 1 rings (SSSR count). The maximum absolute atomic E-state index is 12.4. The summed E-state index contributed by atoms with van der Waals surface area (Å²) in [5.41, 5.74) is 1.11. The molecule has 1 aromatic carbocycles. The molecule has 0 aromatic heterocycles. The van der Waals surface area contributed by atoms with E-state index in [-0.39, 0.29) is 11.2 Å². The van der Waals surface area contributed by atoms with Crippen LogP contribution in [-0.4, -0.2) is 33.7 Å². The SMILES string of the molecule is CCOC(CS(=O)(=O)c1ccc(C(C)(C)C)cc1)OCC. The van der Waals surface area contributed by atoms with E-state index in [9.17, 15) is 8.42 Å². The van der Waals surface area contributed by atoms with Crippen LogP contribution in [-0.2, 0) is 24.7 Å². The van der Waals surface area contributed by atoms with Crippen molar-refractivity contribution in [2.45, 2.75) is 51.2 Å². The average molecular weight is 314 g/mol. The smallest absolute Gasteiger partial charge is 0.183 e. The second-order valence-electron chi connectivity index (χ2n) is 5.90. The highest BCUT2D eigenvalue weighted by Crippen LogP contribution is 2.24. The van der Waals surface area contributed by atoms with Gasteiger partial charge in [0.1, 0.15) is 5.75 Å². The first-order valence-electron chi connectivity index (χ1n) is 7.27. The summed E-state index contributed by atoms with van der Waals surface area (Å²) in [7, 11) is -3.42. The van der Waals surface area contributed by atoms with Crippen molar-refractivity contribution in [3.63, 3.8) is 0 Å². The zero-order chi connectivity index (χ0) is 16.1. The monoisotopic (exact) mass is 314 g/mol. The Morgan fingerprint density at radius 2 is 1.48 bits per heavy atom. The molecule has 0 atom stereocenters. The van der Waals surface area contributed by atoms with Crippen molar-refractivity contribution in [3.8, 4) is 0 Å². The first-order valence-corrected chi connectivity index (χ1v) is 8.92. The molecular weight excluding hydrogens is 288 g/mol. The van der Waals surface area contributed by atoms with E-state index in [2.05, 4.69) is 20.8 Å². The third kappa shape index (κ3) is 5.41. The van der Waals surface area contributed by atoms with Crippen LogP contribution in [0.15, 0.2) is 29.2 Å². The summed E-state index contributed by atoms with van der Waals surface area (Å²) in [5.74, 6) is -0.163. The molecule has 0 aliphatic rings. The molecular formula is C16H26O4S. The van der Waals surface area contributed by atoms with Crippen molar-refractivity contribution >= 4 is 9.84 Å². The molecule has 0 aliphatic carbocycles. The van der Waals surface area contributed by atoms with Crippen molar-refractivity contribution in [2.24, 2.45) is 0 Å². The van der Waals surface area contributed by atoms with Gasteiger partial charge in [0.15, 0.2) is 16.1 Å². The molecule has 120 valence electrons. The molecule has 0 spiro atoms. The quantitative estimate of drug-likeness (QED) is 0.725. The van der Waals surface area contributed by atoms with Crippen molar-refractivity contribution in [2.75, 3.05) is 19.0 Å². The van der Waals surface area contributed by atoms with E-state index in [0.29, 0.717) is 18.1 Å². The lowest BCUT2D eigenvalue weighted by Gasteiger charge is -2.20. The predicted molar refractivity (Wildman–Crippen MR) is 84.2 cm³/mol. The van der Waals surface area contributed by atoms with Gasteiger partial charge in [-0.05, 0) is 37.0 Å². The van der Waals surface area contributed by atoms with Gasteiger partial charge in [-0.15, -0.1) is 0 Å². The Morgan fingerprint density at radius 1 is 1.00 bits per heavy atom. The fourth-order valence-corrected chi connectivity index (χ4v) is 3.25. The van der Waals surface area contributed by atoms with Crippen LogP contribution in [0.25, 0.3) is 0 Å². The third-order valence-corrected chi connectivity index (χ3v) is 4.84. The van der Waals surface area contributed by atoms with Crippen LogP contribution in [0.5, 0.6) is 0 Å². The van der Waals surface area contributed by atoms with Gasteiger partial charge in [-0.25, -0.2) is 8.42 Å². The summed E-state index contributed by atoms with van der Waals surface area (Å²) in [6, 6.07) is 7.04. The summed E-state index contributed by atoms with van der Waals surface area (Å²) < 4.78 is 35.4. The largest absolute Gasteiger partial charge is 0.352 e. The van der Waals surface area contributed by atoms with Crippen LogP contribution in [0.2, 0.25) is 0 Å². The highest BCUT2D eigenvalue weighted by molar-refractivity contribution is 7.91. The lowest BCUT2D eigenvalue weighted by atomic mass is 9.87. The predicted octanol–water partition coefficient (Wildman–Crippen LogP) is 3.16. The molecule has 0 bridgehead atoms. The molecule has 0 fully saturated rings. The summed E-state index contributed by atoms with van der Waals surface area (Å²) in [5, 5.41) is 0. The molecule has 0 saturated heterocycles. The average Bonchev–Trinajstić information content (AvgIpc) is 2.38. The molecule has 1 aromatic rings. The minimum atomic E-state index is -3.42. The summed E-state index contributed by atoms with van der Waals surface area (Å²) >= 11 is 0. The number of benzene rings is 1. The van der Waals surface area contributed by atoms with E-state index in [1.807, 2.05) is 26.0 Å². The molecule has 0 heterocycles. The second-order valence-corrected chi connectivity index (χ2v) is 7.93. The van der Waals surface area contributed by atoms with E-state index in [1.165, 1.54) is 0 Å². The van der Waals surface area contributed by atoms with Gasteiger partial charge in [0.25, 0.3) is 0 Å². The van der Waals surface area contributed by atoms with Gasteiger partial charge < -0.3 is 9.47 Å². The molecule has 0 unspecified atom stereocenters. The minimum absolute atomic E-state index is 0.00146. The lowest BCUT2D eigenvalue weighted by Crippen LogP contribution is -2.27. The Labute approximate surface area is 128 Å². The second kappa shape index (κ2) is 7.38. The highest BCUT2D eigenvalue weighted by atomic mass is 32.2. The Kier molecular flexibility index (Phi) is 6.38. The van der Waals surface area contributed by atoms with Gasteiger partial charge in [-0.1, -0.05) is 32.9 Å². The molecule has 4 nitrogen and oxygen atoms in total. The van der Waals surface area contributed by atoms with Crippen LogP contribution >= 0.6 is 0 Å². The van der Waals surface area contributed by atoms with Gasteiger partial charge in [0, 0.05) is 13.2 Å². The van der Waals surface area contributed by atoms with Gasteiger partial charge in [-0.3, -0.25) is 0 Å². The normalized spacial score (nSPS) is 12.9. The first-order chi connectivity index (χ1) is 9.70. The van der Waals surface area contributed by atoms with Crippen LogP contribution in [0.3, 0.4) is 0 Å². The Hall–Kier alpha value is -0.910. The third-order valence-electron chi connectivity index (χ3n) is 3.14. The van der Waals surface area contributed by atoms with E-state index in [1.54, 1.807) is 12.1 Å². The molecule has 21 heavy (non-hydrogen) atoms. The summed E-state index contributed by atoms with van der Waals surface area (Å²) in [4.78, 5) is 0.305. The van der Waals surface area contributed by atoms with Crippen molar-refractivity contribution in [1.82, 2.24) is 0 Å². The van der Waals surface area contributed by atoms with Crippen LogP contribution in [0.4, 0.5) is 0 Å². The van der Waals surface area contributed by atoms with Crippen molar-refractivity contribution in [3.05, 3.63) is 29.8 Å². The maximum Gasteiger partial charge on any atom is 0.183 e. The number of hydrogen-bond donors (Lipinski definition) is 0. The fourth-order valence-electron chi connectivity index (χ4n) is 1.95. The van der Waals surface area contributed by atoms with Gasteiger partial charge >= 0.3 is 0 Å². The minimum Gasteiger partial charge on any atom is -0.352 e. The van der Waals surface area contributed by atoms with E-state index in [0.717, 1.165) is 5.56 Å². The van der Waals surface area contributed by atoms with E-state index >= 15 is 0 Å². The number of hydrogen-bond acceptors (Lipinski definition) is 4. The number of sulfone groups is 1. The Bertz CT molecular complexity index is 520. The highest BCUT2D eigenvalue weighted by Gasteiger charge is 2.23. The zero-order valence-corrected chi connectivity index (χ0v) is 14.4. The van der Waals surface area contributed by atoms with Crippen LogP contribution in [0, 0.1) is 0 Å². The standard InChI is InChI=1S/C16H26O4S/c1-6-19-15(20-7-2)12-21(17,18)14-10-8-13(9-11-14)16(3,4)5/h8-11,15H,6-7,12H2,1-5H3. The van der Waals surface area contributed by atoms with Crippen LogP contribution in [0.1, 0.15) is 40.2 Å². The Morgan fingerprint density at radius 3 is 1.86 bits per heavy atom. The first kappa shape index (κ1) is 18.1. The molecule has 0 N–H and O–H groups in total. The molecule has 0 radical (unpaired) electrons. The van der Waals surface area contributed by atoms with Crippen molar-refractivity contribution < 1.29 is 17.9 Å². The number of rotatable bonds is 7.